The van der Waals surface area contributed by atoms with Gasteiger partial charge in [-0.15, -0.1) is 0 Å². The first-order chi connectivity index (χ1) is 7.83. The van der Waals surface area contributed by atoms with Crippen LogP contribution in [0.1, 0.15) is 26.2 Å². The lowest BCUT2D eigenvalue weighted by atomic mass is 10.2. The van der Waals surface area contributed by atoms with Crippen LogP contribution in [0.2, 0.25) is 0 Å². The Morgan fingerprint density at radius 3 is 2.62 bits per heavy atom. The normalized spacial score (nSPS) is 10.1. The summed E-state index contributed by atoms with van der Waals surface area (Å²) in [6.07, 6.45) is 3.56. The number of hydrogen-bond donors (Lipinski definition) is 2. The fraction of sp³-hybridized carbons (Fsp3) is 0.462. The topological polar surface area (TPSA) is 41.1 Å². The van der Waals surface area contributed by atoms with E-state index < -0.39 is 0 Å². The largest absolute Gasteiger partial charge is 0.325 e. The van der Waals surface area contributed by atoms with Crippen LogP contribution in [0.5, 0.6) is 0 Å². The Hall–Kier alpha value is -1.35. The number of nitrogens with one attached hydrogen (secondary N) is 2. The highest BCUT2D eigenvalue weighted by Gasteiger charge is 2.00. The summed E-state index contributed by atoms with van der Waals surface area (Å²) in [6.45, 7) is 3.47. The molecule has 2 N–H and O–H groups in total. The quantitative estimate of drug-likeness (QED) is 0.693. The molecule has 1 rings (SSSR count). The van der Waals surface area contributed by atoms with Gasteiger partial charge in [0.15, 0.2) is 0 Å². The highest BCUT2D eigenvalue weighted by molar-refractivity contribution is 5.92. The molecule has 3 heteroatoms. The van der Waals surface area contributed by atoms with E-state index in [9.17, 15) is 4.79 Å². The summed E-state index contributed by atoms with van der Waals surface area (Å²) < 4.78 is 0. The zero-order valence-electron chi connectivity index (χ0n) is 9.83. The molecule has 0 heterocycles. The van der Waals surface area contributed by atoms with Crippen molar-refractivity contribution in [3.05, 3.63) is 30.3 Å². The van der Waals surface area contributed by atoms with E-state index in [-0.39, 0.29) is 5.91 Å². The van der Waals surface area contributed by atoms with Crippen LogP contribution in [-0.2, 0) is 4.79 Å². The van der Waals surface area contributed by atoms with Crippen molar-refractivity contribution in [3.8, 4) is 0 Å². The van der Waals surface area contributed by atoms with Crippen molar-refractivity contribution in [2.45, 2.75) is 26.2 Å². The van der Waals surface area contributed by atoms with Crippen molar-refractivity contribution in [1.82, 2.24) is 5.32 Å². The predicted octanol–water partition coefficient (Wildman–Crippen LogP) is 2.40. The molecule has 1 aromatic rings. The van der Waals surface area contributed by atoms with E-state index in [1.807, 2.05) is 30.3 Å². The molecule has 0 saturated carbocycles. The molecule has 3 nitrogen and oxygen atoms in total. The van der Waals surface area contributed by atoms with Crippen molar-refractivity contribution in [1.29, 1.82) is 0 Å². The Balaban J connectivity index is 2.12. The van der Waals surface area contributed by atoms with Crippen LogP contribution in [0.25, 0.3) is 0 Å². The third-order valence-corrected chi connectivity index (χ3v) is 2.30. The molecular formula is C13H20N2O. The van der Waals surface area contributed by atoms with Crippen LogP contribution >= 0.6 is 0 Å². The van der Waals surface area contributed by atoms with E-state index in [0.717, 1.165) is 18.7 Å². The van der Waals surface area contributed by atoms with Gasteiger partial charge in [-0.25, -0.2) is 0 Å². The summed E-state index contributed by atoms with van der Waals surface area (Å²) in [5.74, 6) is 0.0164. The lowest BCUT2D eigenvalue weighted by Crippen LogP contribution is -2.28. The molecule has 0 aliphatic rings. The Labute approximate surface area is 97.2 Å². The maximum absolute atomic E-state index is 11.5. The van der Waals surface area contributed by atoms with Gasteiger partial charge in [-0.2, -0.15) is 0 Å². The Bertz CT molecular complexity index is 298. The average molecular weight is 220 g/mol. The molecule has 0 aliphatic heterocycles. The lowest BCUT2D eigenvalue weighted by Gasteiger charge is -2.06. The van der Waals surface area contributed by atoms with Crippen molar-refractivity contribution < 1.29 is 4.79 Å². The predicted molar refractivity (Wildman–Crippen MR) is 67.5 cm³/mol. The van der Waals surface area contributed by atoms with Crippen LogP contribution in [0.15, 0.2) is 30.3 Å². The number of hydrogen-bond acceptors (Lipinski definition) is 2. The SMILES string of the molecule is CCCCCNCC(=O)Nc1ccccc1. The standard InChI is InChI=1S/C13H20N2O/c1-2-3-7-10-14-11-13(16)15-12-8-5-4-6-9-12/h4-6,8-9,14H,2-3,7,10-11H2,1H3,(H,15,16). The molecule has 0 radical (unpaired) electrons. The molecular weight excluding hydrogens is 200 g/mol. The molecule has 0 atom stereocenters. The minimum absolute atomic E-state index is 0.0164. The number of para-hydroxylation sites is 1. The van der Waals surface area contributed by atoms with Crippen LogP contribution in [-0.4, -0.2) is 19.0 Å². The summed E-state index contributed by atoms with van der Waals surface area (Å²) in [4.78, 5) is 11.5. The second kappa shape index (κ2) is 7.88. The summed E-state index contributed by atoms with van der Waals surface area (Å²) in [6, 6.07) is 9.51. The minimum Gasteiger partial charge on any atom is -0.325 e. The summed E-state index contributed by atoms with van der Waals surface area (Å²) in [5.41, 5.74) is 0.850. The fourth-order valence-electron chi connectivity index (χ4n) is 1.43. The van der Waals surface area contributed by atoms with Crippen molar-refractivity contribution in [2.75, 3.05) is 18.4 Å². The third-order valence-electron chi connectivity index (χ3n) is 2.30. The van der Waals surface area contributed by atoms with Crippen LogP contribution in [0.4, 0.5) is 5.69 Å². The van der Waals surface area contributed by atoms with Gasteiger partial charge in [-0.05, 0) is 25.1 Å². The van der Waals surface area contributed by atoms with E-state index in [0.29, 0.717) is 6.54 Å². The second-order valence-electron chi connectivity index (χ2n) is 3.80. The smallest absolute Gasteiger partial charge is 0.238 e. The Morgan fingerprint density at radius 1 is 1.19 bits per heavy atom. The van der Waals surface area contributed by atoms with E-state index in [1.54, 1.807) is 0 Å². The van der Waals surface area contributed by atoms with Gasteiger partial charge in [0.1, 0.15) is 0 Å². The van der Waals surface area contributed by atoms with Crippen LogP contribution in [0, 0.1) is 0 Å². The molecule has 0 spiro atoms. The summed E-state index contributed by atoms with van der Waals surface area (Å²) >= 11 is 0. The second-order valence-corrected chi connectivity index (χ2v) is 3.80. The zero-order chi connectivity index (χ0) is 11.6. The van der Waals surface area contributed by atoms with Crippen LogP contribution < -0.4 is 10.6 Å². The van der Waals surface area contributed by atoms with Gasteiger partial charge < -0.3 is 10.6 Å². The van der Waals surface area contributed by atoms with Gasteiger partial charge in [0.2, 0.25) is 5.91 Å². The van der Waals surface area contributed by atoms with E-state index in [2.05, 4.69) is 17.6 Å². The van der Waals surface area contributed by atoms with E-state index >= 15 is 0 Å². The van der Waals surface area contributed by atoms with Gasteiger partial charge in [-0.1, -0.05) is 38.0 Å². The molecule has 88 valence electrons. The Kier molecular flexibility index (Phi) is 6.26. The molecule has 16 heavy (non-hydrogen) atoms. The van der Waals surface area contributed by atoms with Crippen molar-refractivity contribution in [3.63, 3.8) is 0 Å². The monoisotopic (exact) mass is 220 g/mol. The first kappa shape index (κ1) is 12.7. The van der Waals surface area contributed by atoms with Gasteiger partial charge in [0, 0.05) is 5.69 Å². The van der Waals surface area contributed by atoms with Gasteiger partial charge in [0.25, 0.3) is 0 Å². The van der Waals surface area contributed by atoms with E-state index in [4.69, 9.17) is 0 Å². The maximum Gasteiger partial charge on any atom is 0.238 e. The number of anilines is 1. The van der Waals surface area contributed by atoms with Crippen molar-refractivity contribution >= 4 is 11.6 Å². The first-order valence-corrected chi connectivity index (χ1v) is 5.88. The number of benzene rings is 1. The number of amides is 1. The third kappa shape index (κ3) is 5.51. The molecule has 0 saturated heterocycles. The lowest BCUT2D eigenvalue weighted by molar-refractivity contribution is -0.115. The van der Waals surface area contributed by atoms with Crippen LogP contribution in [0.3, 0.4) is 0 Å². The number of carbonyl (C=O) groups excluding carboxylic acids is 1. The zero-order valence-corrected chi connectivity index (χ0v) is 9.83. The van der Waals surface area contributed by atoms with E-state index in [1.165, 1.54) is 12.8 Å². The molecule has 0 bridgehead atoms. The number of carbonyl (C=O) groups is 1. The maximum atomic E-state index is 11.5. The van der Waals surface area contributed by atoms with Gasteiger partial charge in [0.05, 0.1) is 6.54 Å². The summed E-state index contributed by atoms with van der Waals surface area (Å²) in [5, 5.41) is 5.96. The van der Waals surface area contributed by atoms with Crippen molar-refractivity contribution in [2.24, 2.45) is 0 Å². The summed E-state index contributed by atoms with van der Waals surface area (Å²) in [7, 11) is 0. The molecule has 0 fully saturated rings. The van der Waals surface area contributed by atoms with Gasteiger partial charge >= 0.3 is 0 Å². The Morgan fingerprint density at radius 2 is 1.94 bits per heavy atom. The molecule has 0 unspecified atom stereocenters. The molecule has 1 amide bonds. The molecule has 0 aromatic heterocycles. The number of rotatable bonds is 7. The average Bonchev–Trinajstić information content (AvgIpc) is 2.30. The molecule has 1 aromatic carbocycles. The first-order valence-electron chi connectivity index (χ1n) is 5.88. The highest BCUT2D eigenvalue weighted by atomic mass is 16.1. The molecule has 0 aliphatic carbocycles. The van der Waals surface area contributed by atoms with Gasteiger partial charge in [-0.3, -0.25) is 4.79 Å². The number of unbranched alkanes of at least 4 members (excludes halogenated alkanes) is 2. The fourth-order valence-corrected chi connectivity index (χ4v) is 1.43. The minimum atomic E-state index is 0.0164. The highest BCUT2D eigenvalue weighted by Crippen LogP contribution is 2.03.